The molecule has 0 atom stereocenters. The highest BCUT2D eigenvalue weighted by molar-refractivity contribution is 5.32. The molecule has 0 saturated carbocycles. The molecule has 0 nitrogen and oxygen atoms in total. The minimum Gasteiger partial charge on any atom is -0.207 e. The van der Waals surface area contributed by atoms with E-state index in [0.29, 0.717) is 5.92 Å². The molecule has 0 radical (unpaired) electrons. The van der Waals surface area contributed by atoms with Gasteiger partial charge in [0.25, 0.3) is 0 Å². The lowest BCUT2D eigenvalue weighted by Crippen LogP contribution is -2.03. The molecule has 0 aliphatic rings. The molecule has 0 aliphatic heterocycles. The molecule has 0 spiro atoms. The van der Waals surface area contributed by atoms with Crippen molar-refractivity contribution in [3.05, 3.63) is 71.3 Å². The van der Waals surface area contributed by atoms with Crippen molar-refractivity contribution < 1.29 is 8.78 Å². The second-order valence-corrected chi connectivity index (χ2v) is 5.98. The minimum atomic E-state index is -0.223. The van der Waals surface area contributed by atoms with Gasteiger partial charge < -0.3 is 0 Å². The van der Waals surface area contributed by atoms with Gasteiger partial charge in [-0.05, 0) is 47.7 Å². The molecule has 2 aromatic carbocycles. The fraction of sp³-hybridized carbons (Fsp3) is 0.368. The summed E-state index contributed by atoms with van der Waals surface area (Å²) in [5.74, 6) is 0.426. The van der Waals surface area contributed by atoms with E-state index in [1.807, 2.05) is 24.3 Å². The number of hydrogen-bond donors (Lipinski definition) is 0. The number of hydrogen-bond acceptors (Lipinski definition) is 0. The van der Waals surface area contributed by atoms with Crippen LogP contribution in [0.25, 0.3) is 0 Å². The molecule has 112 valence electrons. The molecule has 0 amide bonds. The van der Waals surface area contributed by atoms with E-state index in [-0.39, 0.29) is 17.6 Å². The van der Waals surface area contributed by atoms with Gasteiger partial charge >= 0.3 is 0 Å². The normalized spacial score (nSPS) is 11.3. The summed E-state index contributed by atoms with van der Waals surface area (Å²) in [6, 6.07) is 13.3. The zero-order chi connectivity index (χ0) is 15.2. The Labute approximate surface area is 125 Å². The SMILES string of the molecule is CC(C)CCCC(c1ccc(F)cc1)c1ccc(F)cc1. The summed E-state index contributed by atoms with van der Waals surface area (Å²) in [6.07, 6.45) is 3.27. The first kappa shape index (κ1) is 15.7. The quantitative estimate of drug-likeness (QED) is 0.618. The molecule has 0 N–H and O–H groups in total. The fourth-order valence-corrected chi connectivity index (χ4v) is 2.65. The van der Waals surface area contributed by atoms with Gasteiger partial charge in [0.05, 0.1) is 0 Å². The van der Waals surface area contributed by atoms with Crippen molar-refractivity contribution in [1.82, 2.24) is 0 Å². The van der Waals surface area contributed by atoms with Gasteiger partial charge in [0, 0.05) is 5.92 Å². The van der Waals surface area contributed by atoms with Crippen molar-refractivity contribution in [3.8, 4) is 0 Å². The lowest BCUT2D eigenvalue weighted by atomic mass is 9.86. The Balaban J connectivity index is 2.21. The van der Waals surface area contributed by atoms with Crippen LogP contribution in [0.1, 0.15) is 50.2 Å². The molecule has 21 heavy (non-hydrogen) atoms. The van der Waals surface area contributed by atoms with E-state index >= 15 is 0 Å². The third-order valence-electron chi connectivity index (χ3n) is 3.82. The van der Waals surface area contributed by atoms with Crippen LogP contribution in [0.2, 0.25) is 0 Å². The molecule has 2 aromatic rings. The van der Waals surface area contributed by atoms with Crippen LogP contribution >= 0.6 is 0 Å². The van der Waals surface area contributed by atoms with E-state index in [9.17, 15) is 8.78 Å². The van der Waals surface area contributed by atoms with Crippen molar-refractivity contribution in [1.29, 1.82) is 0 Å². The van der Waals surface area contributed by atoms with Crippen molar-refractivity contribution in [2.45, 2.75) is 39.0 Å². The summed E-state index contributed by atoms with van der Waals surface area (Å²) in [7, 11) is 0. The maximum Gasteiger partial charge on any atom is 0.123 e. The van der Waals surface area contributed by atoms with E-state index in [0.717, 1.165) is 24.0 Å². The van der Waals surface area contributed by atoms with Crippen LogP contribution < -0.4 is 0 Å². The monoisotopic (exact) mass is 288 g/mol. The van der Waals surface area contributed by atoms with Crippen LogP contribution in [0.3, 0.4) is 0 Å². The van der Waals surface area contributed by atoms with Gasteiger partial charge in [-0.25, -0.2) is 8.78 Å². The molecule has 2 rings (SSSR count). The Morgan fingerprint density at radius 1 is 0.714 bits per heavy atom. The van der Waals surface area contributed by atoms with Gasteiger partial charge in [-0.2, -0.15) is 0 Å². The molecule has 0 heterocycles. The molecular formula is C19H22F2. The Hall–Kier alpha value is -1.70. The van der Waals surface area contributed by atoms with Gasteiger partial charge in [-0.3, -0.25) is 0 Å². The van der Waals surface area contributed by atoms with Crippen LogP contribution in [0.5, 0.6) is 0 Å². The highest BCUT2D eigenvalue weighted by Gasteiger charge is 2.14. The van der Waals surface area contributed by atoms with E-state index in [2.05, 4.69) is 13.8 Å². The van der Waals surface area contributed by atoms with Gasteiger partial charge in [0.1, 0.15) is 11.6 Å². The summed E-state index contributed by atoms with van der Waals surface area (Å²) in [5, 5.41) is 0. The average molecular weight is 288 g/mol. The molecule has 0 saturated heterocycles. The lowest BCUT2D eigenvalue weighted by Gasteiger charge is -2.19. The summed E-state index contributed by atoms with van der Waals surface area (Å²) in [5.41, 5.74) is 2.18. The first-order chi connectivity index (χ1) is 10.1. The van der Waals surface area contributed by atoms with E-state index < -0.39 is 0 Å². The number of halogens is 2. The molecule has 0 aliphatic carbocycles. The van der Waals surface area contributed by atoms with Crippen LogP contribution in [-0.2, 0) is 0 Å². The largest absolute Gasteiger partial charge is 0.207 e. The second kappa shape index (κ2) is 7.35. The summed E-state index contributed by atoms with van der Waals surface area (Å²) in [4.78, 5) is 0. The number of benzene rings is 2. The molecule has 0 aromatic heterocycles. The Kier molecular flexibility index (Phi) is 5.49. The third kappa shape index (κ3) is 4.66. The lowest BCUT2D eigenvalue weighted by molar-refractivity contribution is 0.520. The van der Waals surface area contributed by atoms with Crippen molar-refractivity contribution >= 4 is 0 Å². The third-order valence-corrected chi connectivity index (χ3v) is 3.82. The highest BCUT2D eigenvalue weighted by atomic mass is 19.1. The van der Waals surface area contributed by atoms with E-state index in [1.54, 1.807) is 0 Å². The van der Waals surface area contributed by atoms with Crippen LogP contribution in [0.4, 0.5) is 8.78 Å². The summed E-state index contributed by atoms with van der Waals surface area (Å²) >= 11 is 0. The Morgan fingerprint density at radius 2 is 1.14 bits per heavy atom. The van der Waals surface area contributed by atoms with Gasteiger partial charge in [-0.15, -0.1) is 0 Å². The summed E-state index contributed by atoms with van der Waals surface area (Å²) < 4.78 is 26.2. The first-order valence-electron chi connectivity index (χ1n) is 7.57. The standard InChI is InChI=1S/C19H22F2/c1-14(2)4-3-5-19(15-6-10-17(20)11-7-15)16-8-12-18(21)13-9-16/h6-14,19H,3-5H2,1-2H3. The first-order valence-corrected chi connectivity index (χ1v) is 7.57. The van der Waals surface area contributed by atoms with E-state index in [4.69, 9.17) is 0 Å². The molecule has 0 bridgehead atoms. The Morgan fingerprint density at radius 3 is 1.52 bits per heavy atom. The zero-order valence-electron chi connectivity index (χ0n) is 12.7. The average Bonchev–Trinajstić information content (AvgIpc) is 2.46. The van der Waals surface area contributed by atoms with Crippen molar-refractivity contribution in [3.63, 3.8) is 0 Å². The summed E-state index contributed by atoms with van der Waals surface area (Å²) in [6.45, 7) is 4.43. The van der Waals surface area contributed by atoms with Gasteiger partial charge in [-0.1, -0.05) is 51.0 Å². The molecule has 0 fully saturated rings. The van der Waals surface area contributed by atoms with Crippen LogP contribution in [-0.4, -0.2) is 0 Å². The minimum absolute atomic E-state index is 0.199. The predicted molar refractivity (Wildman–Crippen MR) is 83.3 cm³/mol. The van der Waals surface area contributed by atoms with Crippen molar-refractivity contribution in [2.75, 3.05) is 0 Å². The number of rotatable bonds is 6. The molecule has 0 unspecified atom stereocenters. The predicted octanol–water partition coefficient (Wildman–Crippen LogP) is 5.92. The van der Waals surface area contributed by atoms with Gasteiger partial charge in [0.2, 0.25) is 0 Å². The zero-order valence-corrected chi connectivity index (χ0v) is 12.7. The van der Waals surface area contributed by atoms with Gasteiger partial charge in [0.15, 0.2) is 0 Å². The smallest absolute Gasteiger partial charge is 0.123 e. The van der Waals surface area contributed by atoms with Crippen LogP contribution in [0.15, 0.2) is 48.5 Å². The maximum atomic E-state index is 13.1. The second-order valence-electron chi connectivity index (χ2n) is 5.98. The molecular weight excluding hydrogens is 266 g/mol. The van der Waals surface area contributed by atoms with E-state index in [1.165, 1.54) is 30.7 Å². The topological polar surface area (TPSA) is 0 Å². The Bertz CT molecular complexity index is 495. The maximum absolute atomic E-state index is 13.1. The highest BCUT2D eigenvalue weighted by Crippen LogP contribution is 2.30. The molecule has 2 heteroatoms. The fourth-order valence-electron chi connectivity index (χ4n) is 2.65. The van der Waals surface area contributed by atoms with Crippen LogP contribution in [0, 0.1) is 17.6 Å². The van der Waals surface area contributed by atoms with Crippen molar-refractivity contribution in [2.24, 2.45) is 5.92 Å².